The minimum Gasteiger partial charge on any atom is -0.330 e. The molecule has 3 nitrogen and oxygen atoms in total. The van der Waals surface area contributed by atoms with Crippen LogP contribution < -0.4 is 10.6 Å². The molecule has 0 atom stereocenters. The van der Waals surface area contributed by atoms with Gasteiger partial charge < -0.3 is 10.6 Å². The van der Waals surface area contributed by atoms with Gasteiger partial charge in [0.25, 0.3) is 5.91 Å². The molecular weight excluding hydrogens is 255 g/mol. The molecule has 0 unspecified atom stereocenters. The van der Waals surface area contributed by atoms with E-state index in [1.807, 2.05) is 18.2 Å². The van der Waals surface area contributed by atoms with Crippen molar-refractivity contribution in [2.75, 3.05) is 18.5 Å². The Morgan fingerprint density at radius 1 is 1.20 bits per heavy atom. The normalized spacial score (nSPS) is 10.3. The number of halogens is 1. The monoisotopic (exact) mass is 272 g/mol. The van der Waals surface area contributed by atoms with Crippen molar-refractivity contribution in [1.82, 2.24) is 0 Å². The molecule has 0 aliphatic carbocycles. The van der Waals surface area contributed by atoms with E-state index in [1.165, 1.54) is 17.0 Å². The van der Waals surface area contributed by atoms with E-state index in [0.29, 0.717) is 17.8 Å². The fourth-order valence-electron chi connectivity index (χ4n) is 2.02. The van der Waals surface area contributed by atoms with Gasteiger partial charge in [0.15, 0.2) is 0 Å². The molecule has 0 spiro atoms. The zero-order valence-corrected chi connectivity index (χ0v) is 11.3. The van der Waals surface area contributed by atoms with Gasteiger partial charge in [-0.1, -0.05) is 18.2 Å². The Labute approximate surface area is 117 Å². The molecule has 2 N–H and O–H groups in total. The Morgan fingerprint density at radius 2 is 1.95 bits per heavy atom. The molecule has 0 heterocycles. The molecule has 0 aliphatic rings. The summed E-state index contributed by atoms with van der Waals surface area (Å²) in [6, 6.07) is 13.3. The molecule has 1 amide bonds. The third-order valence-electron chi connectivity index (χ3n) is 3.11. The Kier molecular flexibility index (Phi) is 4.48. The molecule has 0 radical (unpaired) electrons. The lowest BCUT2D eigenvalue weighted by molar-refractivity contribution is 0.0993. The minimum atomic E-state index is -0.362. The number of amides is 1. The van der Waals surface area contributed by atoms with Crippen molar-refractivity contribution in [2.24, 2.45) is 5.73 Å². The van der Waals surface area contributed by atoms with Crippen LogP contribution in [0.5, 0.6) is 0 Å². The van der Waals surface area contributed by atoms with Crippen LogP contribution in [0.25, 0.3) is 0 Å². The summed E-state index contributed by atoms with van der Waals surface area (Å²) in [7, 11) is 1.63. The van der Waals surface area contributed by atoms with Crippen molar-refractivity contribution in [3.8, 4) is 0 Å². The Balaban J connectivity index is 2.24. The van der Waals surface area contributed by atoms with Crippen molar-refractivity contribution in [2.45, 2.75) is 6.42 Å². The van der Waals surface area contributed by atoms with Crippen LogP contribution in [0.4, 0.5) is 10.1 Å². The Morgan fingerprint density at radius 3 is 2.65 bits per heavy atom. The maximum absolute atomic E-state index is 13.2. The maximum atomic E-state index is 13.2. The lowest BCUT2D eigenvalue weighted by Gasteiger charge is -2.17. The molecule has 0 bridgehead atoms. The number of carbonyl (C=O) groups excluding carboxylic acids is 1. The molecule has 0 saturated carbocycles. The molecule has 0 aliphatic heterocycles. The number of benzene rings is 2. The summed E-state index contributed by atoms with van der Waals surface area (Å²) in [5.41, 5.74) is 7.64. The van der Waals surface area contributed by atoms with Gasteiger partial charge >= 0.3 is 0 Å². The number of nitrogens with two attached hydrogens (primary N) is 1. The molecule has 104 valence electrons. The number of nitrogens with zero attached hydrogens (tertiary/aromatic N) is 1. The average Bonchev–Trinajstić information content (AvgIpc) is 2.46. The SMILES string of the molecule is CN(C(=O)c1cccc(CCN)c1)c1cccc(F)c1. The van der Waals surface area contributed by atoms with E-state index >= 15 is 0 Å². The molecule has 0 saturated heterocycles. The molecule has 2 rings (SSSR count). The summed E-state index contributed by atoms with van der Waals surface area (Å²) in [5, 5.41) is 0. The number of hydrogen-bond acceptors (Lipinski definition) is 2. The van der Waals surface area contributed by atoms with Crippen LogP contribution in [0.3, 0.4) is 0 Å². The van der Waals surface area contributed by atoms with Crippen LogP contribution in [0.1, 0.15) is 15.9 Å². The molecule has 2 aromatic carbocycles. The highest BCUT2D eigenvalue weighted by Gasteiger charge is 2.14. The van der Waals surface area contributed by atoms with E-state index in [-0.39, 0.29) is 11.7 Å². The first-order chi connectivity index (χ1) is 9.61. The zero-order valence-electron chi connectivity index (χ0n) is 11.3. The Hall–Kier alpha value is -2.20. The van der Waals surface area contributed by atoms with E-state index in [2.05, 4.69) is 0 Å². The summed E-state index contributed by atoms with van der Waals surface area (Å²) in [6.45, 7) is 0.539. The molecule has 4 heteroatoms. The van der Waals surface area contributed by atoms with E-state index in [9.17, 15) is 9.18 Å². The first kappa shape index (κ1) is 14.2. The van der Waals surface area contributed by atoms with Crippen molar-refractivity contribution in [3.05, 3.63) is 65.5 Å². The van der Waals surface area contributed by atoms with Crippen LogP contribution in [0, 0.1) is 5.82 Å². The van der Waals surface area contributed by atoms with Crippen molar-refractivity contribution in [1.29, 1.82) is 0 Å². The smallest absolute Gasteiger partial charge is 0.258 e. The topological polar surface area (TPSA) is 46.3 Å². The van der Waals surface area contributed by atoms with E-state index in [4.69, 9.17) is 5.73 Å². The molecule has 0 aromatic heterocycles. The first-order valence-electron chi connectivity index (χ1n) is 6.44. The van der Waals surface area contributed by atoms with Crippen molar-refractivity contribution in [3.63, 3.8) is 0 Å². The van der Waals surface area contributed by atoms with Gasteiger partial charge in [-0.3, -0.25) is 4.79 Å². The maximum Gasteiger partial charge on any atom is 0.258 e. The molecule has 20 heavy (non-hydrogen) atoms. The molecule has 2 aromatic rings. The highest BCUT2D eigenvalue weighted by Crippen LogP contribution is 2.17. The van der Waals surface area contributed by atoms with Gasteiger partial charge in [0.05, 0.1) is 0 Å². The highest BCUT2D eigenvalue weighted by molar-refractivity contribution is 6.05. The largest absolute Gasteiger partial charge is 0.330 e. The van der Waals surface area contributed by atoms with Crippen LogP contribution in [0.15, 0.2) is 48.5 Å². The van der Waals surface area contributed by atoms with Gasteiger partial charge in [0.2, 0.25) is 0 Å². The van der Waals surface area contributed by atoms with Crippen LogP contribution in [-0.2, 0) is 6.42 Å². The number of hydrogen-bond donors (Lipinski definition) is 1. The van der Waals surface area contributed by atoms with E-state index in [0.717, 1.165) is 12.0 Å². The van der Waals surface area contributed by atoms with Crippen LogP contribution >= 0.6 is 0 Å². The van der Waals surface area contributed by atoms with E-state index < -0.39 is 0 Å². The van der Waals surface area contributed by atoms with Gasteiger partial charge in [-0.25, -0.2) is 4.39 Å². The fraction of sp³-hybridized carbons (Fsp3) is 0.188. The fourth-order valence-corrected chi connectivity index (χ4v) is 2.02. The molecule has 0 fully saturated rings. The third-order valence-corrected chi connectivity index (χ3v) is 3.11. The van der Waals surface area contributed by atoms with Gasteiger partial charge in [0.1, 0.15) is 5.82 Å². The third kappa shape index (κ3) is 3.22. The summed E-state index contributed by atoms with van der Waals surface area (Å²) in [4.78, 5) is 13.8. The number of rotatable bonds is 4. The van der Waals surface area contributed by atoms with Gasteiger partial charge in [-0.2, -0.15) is 0 Å². The predicted octanol–water partition coefficient (Wildman–Crippen LogP) is 2.60. The second kappa shape index (κ2) is 6.30. The first-order valence-corrected chi connectivity index (χ1v) is 6.44. The quantitative estimate of drug-likeness (QED) is 0.930. The predicted molar refractivity (Wildman–Crippen MR) is 78.3 cm³/mol. The second-order valence-corrected chi connectivity index (χ2v) is 4.58. The van der Waals surface area contributed by atoms with Gasteiger partial charge in [0, 0.05) is 18.3 Å². The van der Waals surface area contributed by atoms with Gasteiger partial charge in [-0.15, -0.1) is 0 Å². The van der Waals surface area contributed by atoms with Crippen molar-refractivity contribution >= 4 is 11.6 Å². The Bertz CT molecular complexity index is 613. The van der Waals surface area contributed by atoms with Crippen LogP contribution in [-0.4, -0.2) is 19.5 Å². The van der Waals surface area contributed by atoms with Crippen molar-refractivity contribution < 1.29 is 9.18 Å². The average molecular weight is 272 g/mol. The lowest BCUT2D eigenvalue weighted by Crippen LogP contribution is -2.26. The van der Waals surface area contributed by atoms with E-state index in [1.54, 1.807) is 25.2 Å². The zero-order chi connectivity index (χ0) is 14.5. The standard InChI is InChI=1S/C16H17FN2O/c1-19(15-7-3-6-14(17)11-15)16(20)13-5-2-4-12(10-13)8-9-18/h2-7,10-11H,8-9,18H2,1H3. The second-order valence-electron chi connectivity index (χ2n) is 4.58. The summed E-state index contributed by atoms with van der Waals surface area (Å²) in [6.07, 6.45) is 0.727. The summed E-state index contributed by atoms with van der Waals surface area (Å²) < 4.78 is 13.2. The summed E-state index contributed by atoms with van der Waals surface area (Å²) in [5.74, 6) is -0.534. The summed E-state index contributed by atoms with van der Waals surface area (Å²) >= 11 is 0. The lowest BCUT2D eigenvalue weighted by atomic mass is 10.1. The minimum absolute atomic E-state index is 0.172. The van der Waals surface area contributed by atoms with Gasteiger partial charge in [-0.05, 0) is 48.9 Å². The number of carbonyl (C=O) groups is 1. The number of anilines is 1. The highest BCUT2D eigenvalue weighted by atomic mass is 19.1. The van der Waals surface area contributed by atoms with Crippen LogP contribution in [0.2, 0.25) is 0 Å². The molecular formula is C16H17FN2O.